The van der Waals surface area contributed by atoms with Crippen molar-refractivity contribution in [1.82, 2.24) is 20.0 Å². The second kappa shape index (κ2) is 6.91. The largest absolute Gasteiger partial charge is 0.339 e. The number of amides is 1. The van der Waals surface area contributed by atoms with Crippen molar-refractivity contribution >= 4 is 17.5 Å². The standard InChI is InChI=1S/C17H20ClFN4O/c1-22(12-13-14(18)4-2-5-15(13)19)16(24)17(6-9-20-10-7-17)23-11-3-8-21-23/h2-5,8,11,20H,6-7,9-10,12H2,1H3. The van der Waals surface area contributed by atoms with Crippen LogP contribution in [0.3, 0.4) is 0 Å². The van der Waals surface area contributed by atoms with E-state index in [0.29, 0.717) is 23.4 Å². The zero-order valence-electron chi connectivity index (χ0n) is 13.5. The number of halogens is 2. The molecule has 1 aliphatic heterocycles. The number of hydrogen-bond acceptors (Lipinski definition) is 3. The Balaban J connectivity index is 1.88. The topological polar surface area (TPSA) is 50.2 Å². The molecule has 7 heteroatoms. The van der Waals surface area contributed by atoms with Crippen LogP contribution in [0.2, 0.25) is 5.02 Å². The van der Waals surface area contributed by atoms with Crippen LogP contribution in [0, 0.1) is 5.82 Å². The average molecular weight is 351 g/mol. The summed E-state index contributed by atoms with van der Waals surface area (Å²) in [5.41, 5.74) is -0.402. The predicted molar refractivity (Wildman–Crippen MR) is 90.2 cm³/mol. The molecule has 0 radical (unpaired) electrons. The molecule has 0 saturated carbocycles. The molecule has 1 amide bonds. The van der Waals surface area contributed by atoms with E-state index in [0.717, 1.165) is 13.1 Å². The van der Waals surface area contributed by atoms with Crippen molar-refractivity contribution in [3.05, 3.63) is 53.1 Å². The number of carbonyl (C=O) groups excluding carboxylic acids is 1. The smallest absolute Gasteiger partial charge is 0.250 e. The Morgan fingerprint density at radius 1 is 1.42 bits per heavy atom. The van der Waals surface area contributed by atoms with Crippen LogP contribution in [0.25, 0.3) is 0 Å². The lowest BCUT2D eigenvalue weighted by molar-refractivity contribution is -0.142. The summed E-state index contributed by atoms with van der Waals surface area (Å²) in [6.45, 7) is 1.60. The van der Waals surface area contributed by atoms with Crippen LogP contribution in [0.1, 0.15) is 18.4 Å². The number of likely N-dealkylation sites (N-methyl/N-ethyl adjacent to an activating group) is 1. The minimum Gasteiger partial charge on any atom is -0.339 e. The van der Waals surface area contributed by atoms with Crippen LogP contribution >= 0.6 is 11.6 Å². The molecule has 0 aliphatic carbocycles. The van der Waals surface area contributed by atoms with E-state index in [1.165, 1.54) is 11.0 Å². The normalized spacial score (nSPS) is 16.8. The Morgan fingerprint density at radius 2 is 2.17 bits per heavy atom. The van der Waals surface area contributed by atoms with Gasteiger partial charge in [0.05, 0.1) is 0 Å². The molecule has 0 bridgehead atoms. The van der Waals surface area contributed by atoms with Crippen LogP contribution in [0.5, 0.6) is 0 Å². The maximum Gasteiger partial charge on any atom is 0.250 e. The van der Waals surface area contributed by atoms with Crippen molar-refractivity contribution in [2.75, 3.05) is 20.1 Å². The van der Waals surface area contributed by atoms with Crippen molar-refractivity contribution in [3.8, 4) is 0 Å². The van der Waals surface area contributed by atoms with Gasteiger partial charge in [-0.15, -0.1) is 0 Å². The minimum atomic E-state index is -0.735. The lowest BCUT2D eigenvalue weighted by Gasteiger charge is -2.39. The van der Waals surface area contributed by atoms with Crippen molar-refractivity contribution in [3.63, 3.8) is 0 Å². The van der Waals surface area contributed by atoms with Gasteiger partial charge >= 0.3 is 0 Å². The first-order valence-corrected chi connectivity index (χ1v) is 8.32. The molecule has 1 aromatic heterocycles. The zero-order chi connectivity index (χ0) is 17.2. The summed E-state index contributed by atoms with van der Waals surface area (Å²) >= 11 is 6.09. The summed E-state index contributed by atoms with van der Waals surface area (Å²) in [6, 6.07) is 6.35. The van der Waals surface area contributed by atoms with E-state index < -0.39 is 11.4 Å². The highest BCUT2D eigenvalue weighted by atomic mass is 35.5. The molecule has 1 N–H and O–H groups in total. The summed E-state index contributed by atoms with van der Waals surface area (Å²) in [5.74, 6) is -0.479. The summed E-state index contributed by atoms with van der Waals surface area (Å²) in [7, 11) is 1.68. The van der Waals surface area contributed by atoms with E-state index in [1.54, 1.807) is 30.1 Å². The van der Waals surface area contributed by atoms with Crippen molar-refractivity contribution in [2.45, 2.75) is 24.9 Å². The molecule has 2 heterocycles. The third-order valence-corrected chi connectivity index (χ3v) is 4.93. The molecular weight excluding hydrogens is 331 g/mol. The third kappa shape index (κ3) is 3.03. The Kier molecular flexibility index (Phi) is 4.87. The minimum absolute atomic E-state index is 0.0768. The first-order valence-electron chi connectivity index (χ1n) is 7.94. The Morgan fingerprint density at radius 3 is 2.79 bits per heavy atom. The van der Waals surface area contributed by atoms with Gasteiger partial charge in [-0.1, -0.05) is 17.7 Å². The summed E-state index contributed by atoms with van der Waals surface area (Å²) in [4.78, 5) is 14.8. The summed E-state index contributed by atoms with van der Waals surface area (Å²) in [5, 5.41) is 7.90. The molecule has 128 valence electrons. The van der Waals surface area contributed by atoms with Crippen LogP contribution in [0.15, 0.2) is 36.7 Å². The molecule has 2 aromatic rings. The molecule has 1 aliphatic rings. The Labute approximate surface area is 145 Å². The van der Waals surface area contributed by atoms with Gasteiger partial charge in [0.2, 0.25) is 0 Å². The van der Waals surface area contributed by atoms with Crippen molar-refractivity contribution in [2.24, 2.45) is 0 Å². The van der Waals surface area contributed by atoms with Crippen LogP contribution in [0.4, 0.5) is 4.39 Å². The van der Waals surface area contributed by atoms with E-state index in [9.17, 15) is 9.18 Å². The molecule has 1 aromatic carbocycles. The average Bonchev–Trinajstić information content (AvgIpc) is 3.13. The fourth-order valence-electron chi connectivity index (χ4n) is 3.25. The highest BCUT2D eigenvalue weighted by Crippen LogP contribution is 2.30. The molecule has 5 nitrogen and oxygen atoms in total. The van der Waals surface area contributed by atoms with E-state index in [2.05, 4.69) is 10.4 Å². The van der Waals surface area contributed by atoms with Gasteiger partial charge in [-0.25, -0.2) is 4.39 Å². The lowest BCUT2D eigenvalue weighted by Crippen LogP contribution is -2.54. The first-order chi connectivity index (χ1) is 11.5. The fraction of sp³-hybridized carbons (Fsp3) is 0.412. The highest BCUT2D eigenvalue weighted by Gasteiger charge is 2.43. The Hall–Kier alpha value is -1.92. The van der Waals surface area contributed by atoms with Gasteiger partial charge in [0.1, 0.15) is 11.4 Å². The zero-order valence-corrected chi connectivity index (χ0v) is 14.3. The first kappa shape index (κ1) is 16.9. The quantitative estimate of drug-likeness (QED) is 0.921. The summed E-state index contributed by atoms with van der Waals surface area (Å²) < 4.78 is 15.8. The van der Waals surface area contributed by atoms with Gasteiger partial charge in [-0.05, 0) is 44.1 Å². The summed E-state index contributed by atoms with van der Waals surface area (Å²) in [6.07, 6.45) is 4.77. The van der Waals surface area contributed by atoms with Gasteiger partial charge in [0.15, 0.2) is 0 Å². The SMILES string of the molecule is CN(Cc1c(F)cccc1Cl)C(=O)C1(n2cccn2)CCNCC1. The molecule has 0 unspecified atom stereocenters. The number of hydrogen-bond donors (Lipinski definition) is 1. The van der Waals surface area contributed by atoms with Gasteiger partial charge in [0, 0.05) is 36.6 Å². The molecule has 1 saturated heterocycles. The highest BCUT2D eigenvalue weighted by molar-refractivity contribution is 6.31. The maximum absolute atomic E-state index is 14.0. The van der Waals surface area contributed by atoms with E-state index in [4.69, 9.17) is 11.6 Å². The second-order valence-electron chi connectivity index (χ2n) is 6.09. The van der Waals surface area contributed by atoms with Crippen LogP contribution in [-0.2, 0) is 16.9 Å². The maximum atomic E-state index is 14.0. The van der Waals surface area contributed by atoms with Gasteiger partial charge in [0.25, 0.3) is 5.91 Å². The number of rotatable bonds is 4. The van der Waals surface area contributed by atoms with E-state index >= 15 is 0 Å². The number of nitrogens with zero attached hydrogens (tertiary/aromatic N) is 3. The van der Waals surface area contributed by atoms with Crippen molar-refractivity contribution < 1.29 is 9.18 Å². The van der Waals surface area contributed by atoms with Gasteiger partial charge < -0.3 is 10.2 Å². The molecular formula is C17H20ClFN4O. The number of benzene rings is 1. The van der Waals surface area contributed by atoms with Crippen molar-refractivity contribution in [1.29, 1.82) is 0 Å². The third-order valence-electron chi connectivity index (χ3n) is 4.58. The monoisotopic (exact) mass is 350 g/mol. The molecule has 1 fully saturated rings. The number of piperidine rings is 1. The molecule has 0 spiro atoms. The molecule has 3 rings (SSSR count). The van der Waals surface area contributed by atoms with Crippen LogP contribution < -0.4 is 5.32 Å². The van der Waals surface area contributed by atoms with Crippen LogP contribution in [-0.4, -0.2) is 40.7 Å². The second-order valence-corrected chi connectivity index (χ2v) is 6.50. The fourth-order valence-corrected chi connectivity index (χ4v) is 3.47. The molecule has 0 atom stereocenters. The van der Waals surface area contributed by atoms with Gasteiger partial charge in [-0.3, -0.25) is 9.48 Å². The van der Waals surface area contributed by atoms with E-state index in [1.807, 2.05) is 12.3 Å². The molecule has 24 heavy (non-hydrogen) atoms. The Bertz CT molecular complexity index is 693. The number of nitrogens with one attached hydrogen (secondary N) is 1. The number of carbonyl (C=O) groups is 1. The lowest BCUT2D eigenvalue weighted by atomic mass is 9.86. The predicted octanol–water partition coefficient (Wildman–Crippen LogP) is 2.41. The van der Waals surface area contributed by atoms with E-state index in [-0.39, 0.29) is 12.5 Å². The van der Waals surface area contributed by atoms with Gasteiger partial charge in [-0.2, -0.15) is 5.10 Å². The number of aromatic nitrogens is 2.